The van der Waals surface area contributed by atoms with E-state index in [0.717, 1.165) is 50.6 Å². The summed E-state index contributed by atoms with van der Waals surface area (Å²) in [5.74, 6) is -5.09. The molecule has 0 saturated heterocycles. The van der Waals surface area contributed by atoms with E-state index in [-0.39, 0.29) is 39.4 Å². The number of alkyl halides is 8. The van der Waals surface area contributed by atoms with Crippen LogP contribution in [0.25, 0.3) is 23.3 Å². The van der Waals surface area contributed by atoms with Gasteiger partial charge in [-0.2, -0.15) is 35.1 Å². The van der Waals surface area contributed by atoms with E-state index in [1.54, 1.807) is 31.2 Å². The SMILES string of the molecule is COc1cc(C(=O)Oc2ccc(C=CC(=O)c3cc(N)ccc3-c3ccc(N)c(C)c3C(=O)C=Cc3ccc(OC(=O)c4ccc(OC(F)(F)C(F)F)c(OC)c4)cc3)cc2)ccc1OC(F)(F)C(F)F. The number of hydrogen-bond acceptors (Lipinski definition) is 12. The molecule has 0 radical (unpaired) electrons. The highest BCUT2D eigenvalue weighted by Crippen LogP contribution is 2.38. The second kappa shape index (κ2) is 21.7. The van der Waals surface area contributed by atoms with Gasteiger partial charge in [0.05, 0.1) is 25.3 Å². The van der Waals surface area contributed by atoms with Crippen molar-refractivity contribution in [2.24, 2.45) is 0 Å². The maximum Gasteiger partial charge on any atom is 0.461 e. The molecule has 20 heteroatoms. The van der Waals surface area contributed by atoms with Crippen molar-refractivity contribution in [3.63, 3.8) is 0 Å². The molecule has 0 amide bonds. The average molecular weight is 991 g/mol. The van der Waals surface area contributed by atoms with Crippen molar-refractivity contribution < 1.29 is 82.7 Å². The molecule has 0 saturated carbocycles. The summed E-state index contributed by atoms with van der Waals surface area (Å²) in [4.78, 5) is 53.5. The molecular weight excluding hydrogens is 953 g/mol. The fourth-order valence-electron chi connectivity index (χ4n) is 6.55. The molecule has 6 rings (SSSR count). The molecule has 6 aromatic rings. The molecule has 368 valence electrons. The Bertz CT molecular complexity index is 3030. The largest absolute Gasteiger partial charge is 0.493 e. The Kier molecular flexibility index (Phi) is 15.8. The van der Waals surface area contributed by atoms with Crippen LogP contribution in [0.2, 0.25) is 0 Å². The fourth-order valence-corrected chi connectivity index (χ4v) is 6.55. The fraction of sp³-hybridized carbons (Fsp3) is 0.137. The van der Waals surface area contributed by atoms with Gasteiger partial charge in [0, 0.05) is 22.5 Å². The van der Waals surface area contributed by atoms with E-state index in [1.807, 2.05) is 0 Å². The van der Waals surface area contributed by atoms with Crippen molar-refractivity contribution >= 4 is 47.0 Å². The lowest BCUT2D eigenvalue weighted by Gasteiger charge is -2.18. The molecule has 6 aromatic carbocycles. The smallest absolute Gasteiger partial charge is 0.461 e. The topological polar surface area (TPSA) is 176 Å². The number of carbonyl (C=O) groups excluding carboxylic acids is 4. The van der Waals surface area contributed by atoms with E-state index in [1.165, 1.54) is 78.9 Å². The zero-order chi connectivity index (χ0) is 51.8. The zero-order valence-corrected chi connectivity index (χ0v) is 37.2. The third-order valence-electron chi connectivity index (χ3n) is 10.2. The summed E-state index contributed by atoms with van der Waals surface area (Å²) < 4.78 is 133. The number of methoxy groups -OCH3 is 2. The number of ether oxygens (including phenoxy) is 6. The molecule has 0 heterocycles. The van der Waals surface area contributed by atoms with Gasteiger partial charge in [-0.1, -0.05) is 48.6 Å². The maximum absolute atomic E-state index is 14.0. The number of anilines is 2. The number of nitrogens with two attached hydrogens (primary N) is 2. The summed E-state index contributed by atoms with van der Waals surface area (Å²) in [6, 6.07) is 25.2. The van der Waals surface area contributed by atoms with Crippen molar-refractivity contribution in [3.05, 3.63) is 166 Å². The Balaban J connectivity index is 1.14. The predicted molar refractivity (Wildman–Crippen MR) is 244 cm³/mol. The van der Waals surface area contributed by atoms with Crippen LogP contribution in [0.4, 0.5) is 46.5 Å². The second-order valence-corrected chi connectivity index (χ2v) is 15.0. The summed E-state index contributed by atoms with van der Waals surface area (Å²) >= 11 is 0. The minimum Gasteiger partial charge on any atom is -0.493 e. The Morgan fingerprint density at radius 3 is 1.41 bits per heavy atom. The van der Waals surface area contributed by atoms with Crippen LogP contribution in [0.15, 0.2) is 127 Å². The van der Waals surface area contributed by atoms with Crippen molar-refractivity contribution in [2.45, 2.75) is 32.0 Å². The molecule has 0 unspecified atom stereocenters. The highest BCUT2D eigenvalue weighted by atomic mass is 19.3. The van der Waals surface area contributed by atoms with Crippen LogP contribution in [0.3, 0.4) is 0 Å². The normalized spacial score (nSPS) is 11.8. The van der Waals surface area contributed by atoms with Crippen LogP contribution in [0.1, 0.15) is 58.1 Å². The lowest BCUT2D eigenvalue weighted by Crippen LogP contribution is -2.33. The van der Waals surface area contributed by atoms with Crippen molar-refractivity contribution in [3.8, 4) is 45.6 Å². The van der Waals surface area contributed by atoms with Gasteiger partial charge in [-0.05, 0) is 126 Å². The van der Waals surface area contributed by atoms with E-state index >= 15 is 0 Å². The third kappa shape index (κ3) is 12.5. The number of ketones is 2. The molecule has 0 aromatic heterocycles. The summed E-state index contributed by atoms with van der Waals surface area (Å²) in [7, 11) is 2.12. The number of hydrogen-bond donors (Lipinski definition) is 2. The van der Waals surface area contributed by atoms with Gasteiger partial charge in [0.25, 0.3) is 0 Å². The Morgan fingerprint density at radius 2 is 0.972 bits per heavy atom. The van der Waals surface area contributed by atoms with Crippen LogP contribution in [0.5, 0.6) is 34.5 Å². The van der Waals surface area contributed by atoms with Gasteiger partial charge in [-0.3, -0.25) is 9.59 Å². The molecule has 12 nitrogen and oxygen atoms in total. The van der Waals surface area contributed by atoms with Crippen molar-refractivity contribution in [2.75, 3.05) is 25.7 Å². The highest BCUT2D eigenvalue weighted by molar-refractivity contribution is 6.16. The number of nitrogen functional groups attached to an aromatic ring is 2. The number of rotatable bonds is 19. The lowest BCUT2D eigenvalue weighted by atomic mass is 9.88. The highest BCUT2D eigenvalue weighted by Gasteiger charge is 2.45. The van der Waals surface area contributed by atoms with Crippen LogP contribution >= 0.6 is 0 Å². The zero-order valence-electron chi connectivity index (χ0n) is 37.2. The van der Waals surface area contributed by atoms with Gasteiger partial charge in [-0.15, -0.1) is 0 Å². The van der Waals surface area contributed by atoms with Gasteiger partial charge in [-0.25, -0.2) is 9.59 Å². The summed E-state index contributed by atoms with van der Waals surface area (Å²) in [5, 5.41) is 0. The molecular formula is C51H38F8N2O10. The molecule has 0 atom stereocenters. The van der Waals surface area contributed by atoms with Gasteiger partial charge in [0.15, 0.2) is 34.6 Å². The summed E-state index contributed by atoms with van der Waals surface area (Å²) in [6.07, 6.45) is -12.3. The average Bonchev–Trinajstić information content (AvgIpc) is 3.34. The van der Waals surface area contributed by atoms with Gasteiger partial charge in [0.2, 0.25) is 0 Å². The first-order valence-electron chi connectivity index (χ1n) is 20.5. The lowest BCUT2D eigenvalue weighted by molar-refractivity contribution is -0.253. The van der Waals surface area contributed by atoms with Crippen molar-refractivity contribution in [1.29, 1.82) is 0 Å². The number of carbonyl (C=O) groups is 4. The number of esters is 2. The summed E-state index contributed by atoms with van der Waals surface area (Å²) in [5.41, 5.74) is 15.0. The maximum atomic E-state index is 14.0. The van der Waals surface area contributed by atoms with Crippen LogP contribution in [-0.2, 0) is 0 Å². The minimum absolute atomic E-state index is 0.0514. The molecule has 0 aliphatic carbocycles. The van der Waals surface area contributed by atoms with Gasteiger partial charge in [0.1, 0.15) is 11.5 Å². The van der Waals surface area contributed by atoms with E-state index in [9.17, 15) is 54.3 Å². The molecule has 0 bridgehead atoms. The molecule has 71 heavy (non-hydrogen) atoms. The Hall–Kier alpha value is -8.68. The first-order chi connectivity index (χ1) is 33.6. The molecule has 4 N–H and O–H groups in total. The van der Waals surface area contributed by atoms with Gasteiger partial charge >= 0.3 is 37.0 Å². The first kappa shape index (κ1) is 51.7. The van der Waals surface area contributed by atoms with Crippen LogP contribution < -0.4 is 39.9 Å². The Labute approximate surface area is 398 Å². The standard InChI is InChI=1S/C51H38F8N2O10/c1-27-38(61)19-18-36(45(27)40(63)21-9-29-6-15-34(16-7-29)69-47(65)31-11-23-42(44(25-31)67-3)71-51(58,59)49(54)55)35-17-12-32(60)26-37(35)39(62)20-8-28-4-13-33(14-5-28)68-46(64)30-10-22-41(43(24-30)66-2)70-50(56,57)48(52)53/h4-26,48-49H,60-61H2,1-3H3. The number of halogens is 8. The van der Waals surface area contributed by atoms with E-state index < -0.39 is 71.6 Å². The van der Waals surface area contributed by atoms with Gasteiger partial charge < -0.3 is 39.9 Å². The second-order valence-electron chi connectivity index (χ2n) is 15.0. The first-order valence-corrected chi connectivity index (χ1v) is 20.5. The number of benzene rings is 6. The third-order valence-corrected chi connectivity index (χ3v) is 10.2. The summed E-state index contributed by atoms with van der Waals surface area (Å²) in [6.45, 7) is 1.64. The monoisotopic (exact) mass is 990 g/mol. The molecule has 0 spiro atoms. The molecule has 0 fully saturated rings. The van der Waals surface area contributed by atoms with Crippen molar-refractivity contribution in [1.82, 2.24) is 0 Å². The quantitative estimate of drug-likeness (QED) is 0.0196. The van der Waals surface area contributed by atoms with Crippen LogP contribution in [0, 0.1) is 6.92 Å². The van der Waals surface area contributed by atoms with E-state index in [4.69, 9.17) is 30.4 Å². The molecule has 0 aliphatic rings. The number of allylic oxidation sites excluding steroid dienone is 2. The van der Waals surface area contributed by atoms with E-state index in [0.29, 0.717) is 33.5 Å². The van der Waals surface area contributed by atoms with Crippen LogP contribution in [-0.4, -0.2) is 62.8 Å². The minimum atomic E-state index is -4.81. The predicted octanol–water partition coefficient (Wildman–Crippen LogP) is 11.5. The Morgan fingerprint density at radius 1 is 0.535 bits per heavy atom. The van der Waals surface area contributed by atoms with E-state index in [2.05, 4.69) is 9.47 Å². The molecule has 0 aliphatic heterocycles.